The highest BCUT2D eigenvalue weighted by molar-refractivity contribution is 5.36. The summed E-state index contributed by atoms with van der Waals surface area (Å²) in [6.45, 7) is 9.25. The maximum Gasteiger partial charge on any atom is 0.119 e. The van der Waals surface area contributed by atoms with E-state index in [1.807, 2.05) is 38.1 Å². The minimum atomic E-state index is -0.212. The Kier molecular flexibility index (Phi) is 4.63. The lowest BCUT2D eigenvalue weighted by molar-refractivity contribution is 0.289. The molecule has 0 heterocycles. The van der Waals surface area contributed by atoms with Crippen molar-refractivity contribution in [1.29, 1.82) is 0 Å². The molecule has 0 saturated carbocycles. The van der Waals surface area contributed by atoms with E-state index >= 15 is 0 Å². The van der Waals surface area contributed by atoms with Crippen LogP contribution in [0.4, 0.5) is 0 Å². The van der Waals surface area contributed by atoms with Crippen molar-refractivity contribution in [3.8, 4) is 18.1 Å². The summed E-state index contributed by atoms with van der Waals surface area (Å²) >= 11 is 0. The van der Waals surface area contributed by atoms with Gasteiger partial charge < -0.3 is 4.74 Å². The van der Waals surface area contributed by atoms with E-state index < -0.39 is 0 Å². The summed E-state index contributed by atoms with van der Waals surface area (Å²) in [5, 5.41) is 0. The van der Waals surface area contributed by atoms with Crippen LogP contribution in [0.1, 0.15) is 39.7 Å². The number of hydrogen-bond donors (Lipinski definition) is 0. The van der Waals surface area contributed by atoms with Gasteiger partial charge in [-0.1, -0.05) is 31.9 Å². The van der Waals surface area contributed by atoms with Gasteiger partial charge >= 0.3 is 0 Å². The van der Waals surface area contributed by atoms with E-state index in [9.17, 15) is 0 Å². The molecule has 0 saturated heterocycles. The van der Waals surface area contributed by atoms with Gasteiger partial charge in [0.25, 0.3) is 0 Å². The monoisotopic (exact) mass is 230 g/mol. The average molecular weight is 230 g/mol. The summed E-state index contributed by atoms with van der Waals surface area (Å²) in [5.74, 6) is 4.39. The van der Waals surface area contributed by atoms with Crippen molar-refractivity contribution in [2.24, 2.45) is 5.92 Å². The predicted octanol–water partition coefficient (Wildman–Crippen LogP) is 4.02. The smallest absolute Gasteiger partial charge is 0.119 e. The highest BCUT2D eigenvalue weighted by atomic mass is 16.5. The van der Waals surface area contributed by atoms with Crippen LogP contribution in [0, 0.1) is 18.3 Å². The number of ether oxygens (including phenoxy) is 1. The van der Waals surface area contributed by atoms with Crippen LogP contribution < -0.4 is 4.74 Å². The fourth-order valence-corrected chi connectivity index (χ4v) is 1.46. The Bertz CT molecular complexity index is 379. The van der Waals surface area contributed by atoms with Gasteiger partial charge in [-0.05, 0) is 43.9 Å². The molecule has 0 N–H and O–H groups in total. The van der Waals surface area contributed by atoms with E-state index in [1.54, 1.807) is 0 Å². The van der Waals surface area contributed by atoms with Crippen molar-refractivity contribution in [3.63, 3.8) is 0 Å². The maximum absolute atomic E-state index is 5.67. The Morgan fingerprint density at radius 3 is 2.29 bits per heavy atom. The van der Waals surface area contributed by atoms with E-state index in [0.29, 0.717) is 5.92 Å². The molecule has 1 aromatic carbocycles. The molecule has 0 unspecified atom stereocenters. The Balaban J connectivity index is 2.60. The van der Waals surface area contributed by atoms with Gasteiger partial charge in [0, 0.05) is 0 Å². The minimum absolute atomic E-state index is 0.212. The molecule has 17 heavy (non-hydrogen) atoms. The normalized spacial score (nSPS) is 11.3. The largest absolute Gasteiger partial charge is 0.494 e. The van der Waals surface area contributed by atoms with E-state index in [0.717, 1.165) is 24.3 Å². The molecule has 0 atom stereocenters. The Hall–Kier alpha value is -1.42. The molecule has 0 aromatic heterocycles. The van der Waals surface area contributed by atoms with Crippen molar-refractivity contribution < 1.29 is 4.74 Å². The van der Waals surface area contributed by atoms with E-state index in [1.165, 1.54) is 0 Å². The molecule has 1 aromatic rings. The number of terminal acetylenes is 1. The van der Waals surface area contributed by atoms with Crippen LogP contribution in [-0.4, -0.2) is 6.61 Å². The van der Waals surface area contributed by atoms with Gasteiger partial charge in [0.05, 0.1) is 12.0 Å². The second-order valence-corrected chi connectivity index (χ2v) is 5.32. The molecule has 0 bridgehead atoms. The zero-order valence-corrected chi connectivity index (χ0v) is 11.3. The first-order chi connectivity index (χ1) is 7.95. The standard InChI is InChI=1S/C16H22O/c1-6-16(4,5)14-7-9-15(10-8-14)17-12-11-13(2)3/h1,7-10,13H,11-12H2,2-5H3. The van der Waals surface area contributed by atoms with Gasteiger partial charge in [-0.25, -0.2) is 0 Å². The minimum Gasteiger partial charge on any atom is -0.494 e. The average Bonchev–Trinajstić information content (AvgIpc) is 2.29. The fourth-order valence-electron chi connectivity index (χ4n) is 1.46. The summed E-state index contributed by atoms with van der Waals surface area (Å²) < 4.78 is 5.67. The second kappa shape index (κ2) is 5.77. The molecular weight excluding hydrogens is 208 g/mol. The van der Waals surface area contributed by atoms with Gasteiger partial charge in [-0.3, -0.25) is 0 Å². The third-order valence-corrected chi connectivity index (χ3v) is 2.90. The van der Waals surface area contributed by atoms with Crippen molar-refractivity contribution in [2.45, 2.75) is 39.5 Å². The molecule has 0 aliphatic heterocycles. The molecule has 0 spiro atoms. The van der Waals surface area contributed by atoms with Crippen LogP contribution >= 0.6 is 0 Å². The van der Waals surface area contributed by atoms with Gasteiger partial charge in [0.15, 0.2) is 0 Å². The van der Waals surface area contributed by atoms with Gasteiger partial charge in [-0.2, -0.15) is 0 Å². The van der Waals surface area contributed by atoms with Crippen molar-refractivity contribution in [3.05, 3.63) is 29.8 Å². The van der Waals surface area contributed by atoms with Crippen LogP contribution in [0.5, 0.6) is 5.75 Å². The third kappa shape index (κ3) is 4.15. The Morgan fingerprint density at radius 2 is 1.82 bits per heavy atom. The Morgan fingerprint density at radius 1 is 1.24 bits per heavy atom. The summed E-state index contributed by atoms with van der Waals surface area (Å²) in [5.41, 5.74) is 0.937. The van der Waals surface area contributed by atoms with Crippen molar-refractivity contribution in [2.75, 3.05) is 6.61 Å². The van der Waals surface area contributed by atoms with Crippen LogP contribution in [0.3, 0.4) is 0 Å². The first kappa shape index (κ1) is 13.6. The van der Waals surface area contributed by atoms with Crippen molar-refractivity contribution >= 4 is 0 Å². The van der Waals surface area contributed by atoms with Gasteiger partial charge in [0.1, 0.15) is 5.75 Å². The molecule has 1 nitrogen and oxygen atoms in total. The predicted molar refractivity (Wildman–Crippen MR) is 73.3 cm³/mol. The van der Waals surface area contributed by atoms with Crippen LogP contribution in [0.2, 0.25) is 0 Å². The second-order valence-electron chi connectivity index (χ2n) is 5.32. The number of rotatable bonds is 5. The molecule has 0 radical (unpaired) electrons. The van der Waals surface area contributed by atoms with Gasteiger partial charge in [-0.15, -0.1) is 6.42 Å². The summed E-state index contributed by atoms with van der Waals surface area (Å²) in [4.78, 5) is 0. The molecule has 92 valence electrons. The summed E-state index contributed by atoms with van der Waals surface area (Å²) in [6, 6.07) is 8.08. The highest BCUT2D eigenvalue weighted by Gasteiger charge is 2.16. The zero-order valence-electron chi connectivity index (χ0n) is 11.3. The lowest BCUT2D eigenvalue weighted by Gasteiger charge is -2.18. The zero-order chi connectivity index (χ0) is 12.9. The molecule has 0 aliphatic carbocycles. The van der Waals surface area contributed by atoms with Crippen LogP contribution in [-0.2, 0) is 5.41 Å². The number of hydrogen-bond acceptors (Lipinski definition) is 1. The van der Waals surface area contributed by atoms with Crippen LogP contribution in [0.25, 0.3) is 0 Å². The highest BCUT2D eigenvalue weighted by Crippen LogP contribution is 2.24. The van der Waals surface area contributed by atoms with Gasteiger partial charge in [0.2, 0.25) is 0 Å². The van der Waals surface area contributed by atoms with E-state index in [4.69, 9.17) is 11.2 Å². The van der Waals surface area contributed by atoms with Crippen LogP contribution in [0.15, 0.2) is 24.3 Å². The Labute approximate surface area is 105 Å². The molecular formula is C16H22O. The summed E-state index contributed by atoms with van der Waals surface area (Å²) in [6.07, 6.45) is 6.59. The lowest BCUT2D eigenvalue weighted by atomic mass is 9.86. The molecule has 0 amide bonds. The first-order valence-corrected chi connectivity index (χ1v) is 6.17. The summed E-state index contributed by atoms with van der Waals surface area (Å²) in [7, 11) is 0. The maximum atomic E-state index is 5.67. The molecule has 1 rings (SSSR count). The molecule has 0 fully saturated rings. The van der Waals surface area contributed by atoms with E-state index in [-0.39, 0.29) is 5.41 Å². The SMILES string of the molecule is C#CC(C)(C)c1ccc(OCCC(C)C)cc1. The van der Waals surface area contributed by atoms with Crippen molar-refractivity contribution in [1.82, 2.24) is 0 Å². The quantitative estimate of drug-likeness (QED) is 0.694. The first-order valence-electron chi connectivity index (χ1n) is 6.17. The fraction of sp³-hybridized carbons (Fsp3) is 0.500. The molecule has 0 aliphatic rings. The lowest BCUT2D eigenvalue weighted by Crippen LogP contribution is -2.13. The van der Waals surface area contributed by atoms with E-state index in [2.05, 4.69) is 19.8 Å². The topological polar surface area (TPSA) is 9.23 Å². The molecule has 1 heteroatoms. The third-order valence-electron chi connectivity index (χ3n) is 2.90. The number of benzene rings is 1.